The Hall–Kier alpha value is -1.36. The maximum Gasteiger partial charge on any atom is 0.365 e. The van der Waals surface area contributed by atoms with Gasteiger partial charge in [0.05, 0.1) is 0 Å². The lowest BCUT2D eigenvalue weighted by atomic mass is 10.4. The lowest BCUT2D eigenvalue weighted by Crippen LogP contribution is -1.96. The molecule has 0 spiro atoms. The fraction of sp³-hybridized carbons (Fsp3) is 0.500. The van der Waals surface area contributed by atoms with Crippen LogP contribution in [0.1, 0.15) is 26.7 Å². The minimum Gasteiger partial charge on any atom is -0.478 e. The highest BCUT2D eigenvalue weighted by molar-refractivity contribution is 5.90. The van der Waals surface area contributed by atoms with Crippen LogP contribution in [0.25, 0.3) is 0 Å². The van der Waals surface area contributed by atoms with Crippen molar-refractivity contribution in [1.82, 2.24) is 0 Å². The van der Waals surface area contributed by atoms with E-state index >= 15 is 0 Å². The van der Waals surface area contributed by atoms with Gasteiger partial charge in [0, 0.05) is 12.2 Å². The van der Waals surface area contributed by atoms with Gasteiger partial charge in [-0.15, -0.1) is 0 Å². The van der Waals surface area contributed by atoms with Gasteiger partial charge < -0.3 is 5.11 Å². The summed E-state index contributed by atoms with van der Waals surface area (Å²) in [6.07, 6.45) is 3.78. The number of carbonyl (C=O) groups excluding carboxylic acids is 1. The second-order valence-electron chi connectivity index (χ2n) is 2.08. The molecular weight excluding hydrogens is 176 g/mol. The molecule has 76 valence electrons. The van der Waals surface area contributed by atoms with E-state index in [-0.39, 0.29) is 0 Å². The number of unbranched alkanes of at least 4 members (excludes halogenated alkanes) is 1. The van der Waals surface area contributed by atoms with Crippen LogP contribution < -0.4 is 0 Å². The second kappa shape index (κ2) is 10.6. The molecule has 13 heavy (non-hydrogen) atoms. The van der Waals surface area contributed by atoms with Crippen LogP contribution in [0.3, 0.4) is 0 Å². The van der Waals surface area contributed by atoms with Crippen LogP contribution >= 0.6 is 0 Å². The summed E-state index contributed by atoms with van der Waals surface area (Å²) in [5.74, 6) is -2.39. The van der Waals surface area contributed by atoms with Gasteiger partial charge in [-0.05, 0) is 0 Å². The summed E-state index contributed by atoms with van der Waals surface area (Å²) in [5.41, 5.74) is 0. The van der Waals surface area contributed by atoms with Crippen molar-refractivity contribution < 1.29 is 24.8 Å². The molecule has 2 N–H and O–H groups in total. The van der Waals surface area contributed by atoms with Gasteiger partial charge >= 0.3 is 11.9 Å². The molecule has 0 aliphatic carbocycles. The van der Waals surface area contributed by atoms with Gasteiger partial charge in [0.2, 0.25) is 0 Å². The van der Waals surface area contributed by atoms with E-state index in [4.69, 9.17) is 10.4 Å². The maximum atomic E-state index is 9.89. The number of rotatable bonds is 3. The molecule has 0 amide bonds. The summed E-state index contributed by atoms with van der Waals surface area (Å²) in [4.78, 5) is 22.6. The fourth-order valence-electron chi connectivity index (χ4n) is 0.170. The molecule has 0 unspecified atom stereocenters. The predicted octanol–water partition coefficient (Wildman–Crippen LogP) is 1.45. The molecule has 5 heteroatoms. The molecule has 0 aromatic carbocycles. The highest BCUT2D eigenvalue weighted by atomic mass is 17.1. The zero-order chi connectivity index (χ0) is 10.7. The molecule has 0 saturated carbocycles. The van der Waals surface area contributed by atoms with Crippen LogP contribution in [0.2, 0.25) is 0 Å². The second-order valence-corrected chi connectivity index (χ2v) is 2.08. The summed E-state index contributed by atoms with van der Waals surface area (Å²) in [7, 11) is 0. The largest absolute Gasteiger partial charge is 0.478 e. The number of aliphatic carboxylic acids is 1. The maximum absolute atomic E-state index is 9.89. The van der Waals surface area contributed by atoms with Gasteiger partial charge in [-0.2, -0.15) is 5.26 Å². The first-order valence-electron chi connectivity index (χ1n) is 3.84. The lowest BCUT2D eigenvalue weighted by Gasteiger charge is -1.82. The fourth-order valence-corrected chi connectivity index (χ4v) is 0.170. The Bertz CT molecular complexity index is 171. The van der Waals surface area contributed by atoms with Gasteiger partial charge in [-0.1, -0.05) is 26.7 Å². The average molecular weight is 190 g/mol. The Labute approximate surface area is 76.6 Å². The van der Waals surface area contributed by atoms with Crippen molar-refractivity contribution in [1.29, 1.82) is 0 Å². The first kappa shape index (κ1) is 14.2. The van der Waals surface area contributed by atoms with E-state index in [9.17, 15) is 9.59 Å². The summed E-state index contributed by atoms with van der Waals surface area (Å²) in [6.45, 7) is 4.36. The molecule has 0 bridgehead atoms. The molecule has 0 atom stereocenters. The van der Waals surface area contributed by atoms with Crippen LogP contribution in [-0.4, -0.2) is 22.3 Å². The van der Waals surface area contributed by atoms with Crippen molar-refractivity contribution in [3.63, 3.8) is 0 Å². The van der Waals surface area contributed by atoms with Gasteiger partial charge in [-0.3, -0.25) is 4.89 Å². The summed E-state index contributed by atoms with van der Waals surface area (Å²) < 4.78 is 0. The van der Waals surface area contributed by atoms with E-state index in [0.29, 0.717) is 12.2 Å². The van der Waals surface area contributed by atoms with Crippen molar-refractivity contribution >= 4 is 11.9 Å². The Balaban J connectivity index is 0. The predicted molar refractivity (Wildman–Crippen MR) is 46.1 cm³/mol. The Morgan fingerprint density at radius 1 is 1.23 bits per heavy atom. The van der Waals surface area contributed by atoms with E-state index in [0.717, 1.165) is 0 Å². The van der Waals surface area contributed by atoms with Crippen molar-refractivity contribution in [3.8, 4) is 0 Å². The van der Waals surface area contributed by atoms with Crippen molar-refractivity contribution in [2.45, 2.75) is 26.7 Å². The molecule has 0 heterocycles. The molecule has 0 aliphatic rings. The lowest BCUT2D eigenvalue weighted by molar-refractivity contribution is -0.228. The Kier molecular flexibility index (Phi) is 11.6. The molecule has 0 radical (unpaired) electrons. The third-order valence-corrected chi connectivity index (χ3v) is 0.952. The highest BCUT2D eigenvalue weighted by Crippen LogP contribution is 1.77. The van der Waals surface area contributed by atoms with Gasteiger partial charge in [0.25, 0.3) is 0 Å². The third-order valence-electron chi connectivity index (χ3n) is 0.952. The van der Waals surface area contributed by atoms with Crippen LogP contribution in [0, 0.1) is 0 Å². The minimum atomic E-state index is -1.28. The minimum absolute atomic E-state index is 0.554. The number of carbonyl (C=O) groups is 2. The zero-order valence-corrected chi connectivity index (χ0v) is 7.69. The summed E-state index contributed by atoms with van der Waals surface area (Å²) >= 11 is 0. The van der Waals surface area contributed by atoms with Crippen LogP contribution in [-0.2, 0) is 14.5 Å². The van der Waals surface area contributed by atoms with E-state index < -0.39 is 11.9 Å². The first-order chi connectivity index (χ1) is 6.08. The molecule has 0 aromatic rings. The van der Waals surface area contributed by atoms with Crippen LogP contribution in [0.15, 0.2) is 12.2 Å². The standard InChI is InChI=1S/C4H4O5.C4H10/c5-3(6)1-2-4(7)9-8;1-3-4-2/h1-2,8H,(H,5,6);3-4H2,1-2H3. The zero-order valence-electron chi connectivity index (χ0n) is 7.69. The smallest absolute Gasteiger partial charge is 0.365 e. The van der Waals surface area contributed by atoms with Crippen molar-refractivity contribution in [2.75, 3.05) is 0 Å². The van der Waals surface area contributed by atoms with Crippen molar-refractivity contribution in [3.05, 3.63) is 12.2 Å². The highest BCUT2D eigenvalue weighted by Gasteiger charge is 1.93. The summed E-state index contributed by atoms with van der Waals surface area (Å²) in [5, 5.41) is 15.4. The van der Waals surface area contributed by atoms with Gasteiger partial charge in [0.15, 0.2) is 0 Å². The number of carboxylic acids is 1. The Morgan fingerprint density at radius 3 is 1.92 bits per heavy atom. The number of carboxylic acid groups (broad SMARTS) is 1. The quantitative estimate of drug-likeness (QED) is 0.399. The molecule has 0 fully saturated rings. The van der Waals surface area contributed by atoms with E-state index in [2.05, 4.69) is 18.7 Å². The molecule has 0 rings (SSSR count). The van der Waals surface area contributed by atoms with E-state index in [1.54, 1.807) is 0 Å². The van der Waals surface area contributed by atoms with E-state index in [1.807, 2.05) is 0 Å². The third kappa shape index (κ3) is 18.0. The van der Waals surface area contributed by atoms with Crippen molar-refractivity contribution in [2.24, 2.45) is 0 Å². The Morgan fingerprint density at radius 2 is 1.69 bits per heavy atom. The van der Waals surface area contributed by atoms with E-state index in [1.165, 1.54) is 12.8 Å². The molecule has 5 nitrogen and oxygen atoms in total. The normalized spacial score (nSPS) is 8.85. The monoisotopic (exact) mass is 190 g/mol. The average Bonchev–Trinajstić information content (AvgIpc) is 2.14. The van der Waals surface area contributed by atoms with Gasteiger partial charge in [-0.25, -0.2) is 9.59 Å². The molecule has 0 aromatic heterocycles. The topological polar surface area (TPSA) is 83.8 Å². The molecule has 0 aliphatic heterocycles. The van der Waals surface area contributed by atoms with Crippen LogP contribution in [0.4, 0.5) is 0 Å². The summed E-state index contributed by atoms with van der Waals surface area (Å²) in [6, 6.07) is 0. The number of hydrogen-bond donors (Lipinski definition) is 2. The number of hydrogen-bond acceptors (Lipinski definition) is 4. The molecular formula is C8H14O5. The molecule has 0 saturated heterocycles. The SMILES string of the molecule is CCCC.O=C(O)C=CC(=O)OO. The van der Waals surface area contributed by atoms with Crippen LogP contribution in [0.5, 0.6) is 0 Å². The van der Waals surface area contributed by atoms with Gasteiger partial charge in [0.1, 0.15) is 0 Å². The first-order valence-corrected chi connectivity index (χ1v) is 3.84.